The third kappa shape index (κ3) is 2.64. The van der Waals surface area contributed by atoms with Gasteiger partial charge >= 0.3 is 6.09 Å². The van der Waals surface area contributed by atoms with Crippen LogP contribution in [0.25, 0.3) is 0 Å². The number of amides is 1. The van der Waals surface area contributed by atoms with Gasteiger partial charge in [0.2, 0.25) is 0 Å². The van der Waals surface area contributed by atoms with Crippen molar-refractivity contribution in [3.8, 4) is 0 Å². The van der Waals surface area contributed by atoms with Crippen molar-refractivity contribution in [1.82, 2.24) is 0 Å². The number of rotatable bonds is 0. The summed E-state index contributed by atoms with van der Waals surface area (Å²) < 4.78 is 5.42. The second-order valence-electron chi connectivity index (χ2n) is 5.59. The monoisotopic (exact) mass is 248 g/mol. The van der Waals surface area contributed by atoms with Crippen molar-refractivity contribution in [2.24, 2.45) is 5.73 Å². The van der Waals surface area contributed by atoms with Gasteiger partial charge in [-0.25, -0.2) is 4.79 Å². The van der Waals surface area contributed by atoms with Crippen molar-refractivity contribution in [3.05, 3.63) is 29.8 Å². The van der Waals surface area contributed by atoms with E-state index in [0.29, 0.717) is 6.54 Å². The Morgan fingerprint density at radius 1 is 1.39 bits per heavy atom. The minimum absolute atomic E-state index is 0.000105. The summed E-state index contributed by atoms with van der Waals surface area (Å²) >= 11 is 0. The average Bonchev–Trinajstić information content (AvgIpc) is 2.27. The minimum atomic E-state index is -0.481. The molecule has 0 aliphatic carbocycles. The van der Waals surface area contributed by atoms with Gasteiger partial charge in [-0.05, 0) is 38.8 Å². The summed E-state index contributed by atoms with van der Waals surface area (Å²) in [5.41, 5.74) is 7.45. The normalized spacial score (nSPS) is 19.3. The number of nitrogens with zero attached hydrogens (tertiary/aromatic N) is 1. The highest BCUT2D eigenvalue weighted by atomic mass is 16.6. The summed E-state index contributed by atoms with van der Waals surface area (Å²) in [5.74, 6) is 0. The summed E-state index contributed by atoms with van der Waals surface area (Å²) in [5, 5.41) is 0. The van der Waals surface area contributed by atoms with Crippen LogP contribution in [0.2, 0.25) is 0 Å². The molecule has 0 bridgehead atoms. The van der Waals surface area contributed by atoms with Crippen molar-refractivity contribution in [1.29, 1.82) is 0 Å². The quantitative estimate of drug-likeness (QED) is 0.768. The zero-order valence-electron chi connectivity index (χ0n) is 11.1. The summed E-state index contributed by atoms with van der Waals surface area (Å²) in [4.78, 5) is 13.8. The lowest BCUT2D eigenvalue weighted by Gasteiger charge is -2.34. The average molecular weight is 248 g/mol. The predicted octanol–water partition coefficient (Wildman–Crippen LogP) is 2.83. The van der Waals surface area contributed by atoms with Gasteiger partial charge in [0, 0.05) is 12.6 Å². The van der Waals surface area contributed by atoms with Gasteiger partial charge in [-0.3, -0.25) is 4.90 Å². The summed E-state index contributed by atoms with van der Waals surface area (Å²) in [6, 6.07) is 7.74. The van der Waals surface area contributed by atoms with Gasteiger partial charge in [-0.1, -0.05) is 18.2 Å². The lowest BCUT2D eigenvalue weighted by atomic mass is 9.97. The molecule has 98 valence electrons. The van der Waals surface area contributed by atoms with E-state index >= 15 is 0 Å². The number of nitrogens with two attached hydrogens (primary N) is 1. The molecule has 1 aromatic carbocycles. The number of carbonyl (C=O) groups excluding carboxylic acids is 1. The highest BCUT2D eigenvalue weighted by Crippen LogP contribution is 2.32. The van der Waals surface area contributed by atoms with Gasteiger partial charge in [0.25, 0.3) is 0 Å². The first kappa shape index (κ1) is 12.9. The highest BCUT2D eigenvalue weighted by molar-refractivity contribution is 5.89. The second kappa shape index (κ2) is 4.61. The molecule has 0 aromatic heterocycles. The molecule has 1 amide bonds. The summed E-state index contributed by atoms with van der Waals surface area (Å²) in [6.07, 6.45) is 0.456. The van der Waals surface area contributed by atoms with E-state index < -0.39 is 5.60 Å². The van der Waals surface area contributed by atoms with E-state index in [9.17, 15) is 4.79 Å². The Morgan fingerprint density at radius 3 is 2.72 bits per heavy atom. The molecule has 0 unspecified atom stereocenters. The fraction of sp³-hybridized carbons (Fsp3) is 0.500. The first-order valence-corrected chi connectivity index (χ1v) is 6.23. The van der Waals surface area contributed by atoms with Crippen molar-refractivity contribution in [2.45, 2.75) is 38.8 Å². The molecule has 18 heavy (non-hydrogen) atoms. The van der Waals surface area contributed by atoms with Crippen LogP contribution in [0.1, 0.15) is 38.8 Å². The fourth-order valence-corrected chi connectivity index (χ4v) is 2.10. The number of carbonyl (C=O) groups is 1. The Balaban J connectivity index is 2.26. The van der Waals surface area contributed by atoms with Crippen LogP contribution in [0.5, 0.6) is 0 Å². The van der Waals surface area contributed by atoms with E-state index in [1.165, 1.54) is 0 Å². The molecule has 0 fully saturated rings. The molecule has 1 aliphatic heterocycles. The van der Waals surface area contributed by atoms with Gasteiger partial charge in [0.05, 0.1) is 5.69 Å². The van der Waals surface area contributed by atoms with Gasteiger partial charge in [-0.15, -0.1) is 0 Å². The number of para-hydroxylation sites is 1. The van der Waals surface area contributed by atoms with Gasteiger partial charge in [-0.2, -0.15) is 0 Å². The molecule has 1 aromatic rings. The largest absolute Gasteiger partial charge is 0.443 e. The van der Waals surface area contributed by atoms with Crippen LogP contribution >= 0.6 is 0 Å². The Kier molecular flexibility index (Phi) is 3.30. The maximum atomic E-state index is 12.1. The zero-order chi connectivity index (χ0) is 13.3. The molecule has 2 rings (SSSR count). The van der Waals surface area contributed by atoms with Crippen LogP contribution in [-0.4, -0.2) is 18.2 Å². The molecular weight excluding hydrogens is 228 g/mol. The third-order valence-electron chi connectivity index (χ3n) is 2.90. The molecule has 2 N–H and O–H groups in total. The predicted molar refractivity (Wildman–Crippen MR) is 71.6 cm³/mol. The number of anilines is 1. The molecule has 1 aliphatic rings. The maximum Gasteiger partial charge on any atom is 0.414 e. The molecule has 4 heteroatoms. The van der Waals surface area contributed by atoms with Gasteiger partial charge in [0.15, 0.2) is 0 Å². The number of fused-ring (bicyclic) bond motifs is 1. The van der Waals surface area contributed by atoms with E-state index in [1.807, 2.05) is 45.0 Å². The third-order valence-corrected chi connectivity index (χ3v) is 2.90. The van der Waals surface area contributed by atoms with Gasteiger partial charge in [0.1, 0.15) is 5.60 Å². The first-order valence-electron chi connectivity index (χ1n) is 6.23. The van der Waals surface area contributed by atoms with Crippen molar-refractivity contribution in [3.63, 3.8) is 0 Å². The topological polar surface area (TPSA) is 55.6 Å². The SMILES string of the molecule is CC(C)(C)OC(=O)N1CC[C@@H](N)c2ccccc21. The van der Waals surface area contributed by atoms with Crippen molar-refractivity contribution in [2.75, 3.05) is 11.4 Å². The number of hydrogen-bond donors (Lipinski definition) is 1. The minimum Gasteiger partial charge on any atom is -0.443 e. The lowest BCUT2D eigenvalue weighted by Crippen LogP contribution is -2.41. The molecule has 0 spiro atoms. The number of ether oxygens (including phenoxy) is 1. The maximum absolute atomic E-state index is 12.1. The Morgan fingerprint density at radius 2 is 2.06 bits per heavy atom. The van der Waals surface area contributed by atoms with Crippen LogP contribution in [0.3, 0.4) is 0 Å². The first-order chi connectivity index (χ1) is 8.38. The molecular formula is C14H20N2O2. The summed E-state index contributed by atoms with van der Waals surface area (Å²) in [7, 11) is 0. The molecule has 1 heterocycles. The fourth-order valence-electron chi connectivity index (χ4n) is 2.10. The number of hydrogen-bond acceptors (Lipinski definition) is 3. The molecule has 0 radical (unpaired) electrons. The molecule has 0 saturated heterocycles. The van der Waals surface area contributed by atoms with E-state index in [1.54, 1.807) is 4.90 Å². The van der Waals surface area contributed by atoms with Gasteiger partial charge < -0.3 is 10.5 Å². The van der Waals surface area contributed by atoms with E-state index in [4.69, 9.17) is 10.5 Å². The molecule has 4 nitrogen and oxygen atoms in total. The number of benzene rings is 1. The Hall–Kier alpha value is -1.55. The zero-order valence-corrected chi connectivity index (χ0v) is 11.1. The van der Waals surface area contributed by atoms with E-state index in [2.05, 4.69) is 0 Å². The van der Waals surface area contributed by atoms with Crippen LogP contribution < -0.4 is 10.6 Å². The standard InChI is InChI=1S/C14H20N2O2/c1-14(2,3)18-13(17)16-9-8-11(15)10-6-4-5-7-12(10)16/h4-7,11H,8-9,15H2,1-3H3/t11-/m1/s1. The van der Waals surface area contributed by atoms with Crippen molar-refractivity contribution < 1.29 is 9.53 Å². The van der Waals surface area contributed by atoms with Crippen LogP contribution in [0.4, 0.5) is 10.5 Å². The smallest absolute Gasteiger partial charge is 0.414 e. The van der Waals surface area contributed by atoms with Crippen molar-refractivity contribution >= 4 is 11.8 Å². The Labute approximate surface area is 108 Å². The summed E-state index contributed by atoms with van der Waals surface area (Å²) in [6.45, 7) is 6.21. The highest BCUT2D eigenvalue weighted by Gasteiger charge is 2.29. The van der Waals surface area contributed by atoms with Crippen LogP contribution in [0.15, 0.2) is 24.3 Å². The van der Waals surface area contributed by atoms with E-state index in [0.717, 1.165) is 17.7 Å². The van der Waals surface area contributed by atoms with E-state index in [-0.39, 0.29) is 12.1 Å². The van der Waals surface area contributed by atoms with Crippen LogP contribution in [0, 0.1) is 0 Å². The molecule has 0 saturated carbocycles. The second-order valence-corrected chi connectivity index (χ2v) is 5.59. The molecule has 1 atom stereocenters. The lowest BCUT2D eigenvalue weighted by molar-refractivity contribution is 0.0576. The Bertz CT molecular complexity index is 451. The van der Waals surface area contributed by atoms with Crippen LogP contribution in [-0.2, 0) is 4.74 Å².